The Morgan fingerprint density at radius 1 is 1.42 bits per heavy atom. The summed E-state index contributed by atoms with van der Waals surface area (Å²) in [7, 11) is 2.00. The summed E-state index contributed by atoms with van der Waals surface area (Å²) in [5, 5.41) is 8.60. The highest BCUT2D eigenvalue weighted by Crippen LogP contribution is 2.16. The molecule has 1 aromatic rings. The van der Waals surface area contributed by atoms with Gasteiger partial charge in [0.25, 0.3) is 0 Å². The van der Waals surface area contributed by atoms with E-state index in [1.807, 2.05) is 39.1 Å². The van der Waals surface area contributed by atoms with Gasteiger partial charge in [0.15, 0.2) is 0 Å². The van der Waals surface area contributed by atoms with Gasteiger partial charge in [-0.25, -0.2) is 0 Å². The van der Waals surface area contributed by atoms with Gasteiger partial charge in [0.2, 0.25) is 0 Å². The minimum Gasteiger partial charge on any atom is -0.491 e. The van der Waals surface area contributed by atoms with E-state index >= 15 is 0 Å². The van der Waals surface area contributed by atoms with Crippen molar-refractivity contribution in [3.8, 4) is 5.75 Å². The van der Waals surface area contributed by atoms with Gasteiger partial charge in [-0.15, -0.1) is 0 Å². The van der Waals surface area contributed by atoms with Gasteiger partial charge < -0.3 is 14.7 Å². The SMILES string of the molecule is CC(C)Oc1cccc(CN(C)CCCC(=O)O)c1. The predicted molar refractivity (Wildman–Crippen MR) is 75.4 cm³/mol. The fraction of sp³-hybridized carbons (Fsp3) is 0.533. The van der Waals surface area contributed by atoms with Crippen LogP contribution in [0.3, 0.4) is 0 Å². The first-order chi connectivity index (χ1) is 8.97. The van der Waals surface area contributed by atoms with Crippen LogP contribution in [0.4, 0.5) is 0 Å². The number of carboxylic acid groups (broad SMARTS) is 1. The zero-order valence-electron chi connectivity index (χ0n) is 11.9. The van der Waals surface area contributed by atoms with E-state index in [-0.39, 0.29) is 12.5 Å². The number of hydrogen-bond acceptors (Lipinski definition) is 3. The molecule has 0 radical (unpaired) electrons. The van der Waals surface area contributed by atoms with Crippen molar-refractivity contribution in [2.45, 2.75) is 39.3 Å². The van der Waals surface area contributed by atoms with Crippen molar-refractivity contribution >= 4 is 5.97 Å². The maximum Gasteiger partial charge on any atom is 0.303 e. The fourth-order valence-electron chi connectivity index (χ4n) is 1.88. The maximum atomic E-state index is 10.5. The second-order valence-corrected chi connectivity index (χ2v) is 5.05. The quantitative estimate of drug-likeness (QED) is 0.785. The number of rotatable bonds is 8. The summed E-state index contributed by atoms with van der Waals surface area (Å²) in [6.07, 6.45) is 1.07. The van der Waals surface area contributed by atoms with Crippen LogP contribution in [0.1, 0.15) is 32.3 Å². The summed E-state index contributed by atoms with van der Waals surface area (Å²) >= 11 is 0. The fourth-order valence-corrected chi connectivity index (χ4v) is 1.88. The largest absolute Gasteiger partial charge is 0.491 e. The van der Waals surface area contributed by atoms with E-state index in [1.165, 1.54) is 5.56 Å². The van der Waals surface area contributed by atoms with Crippen LogP contribution in [0.15, 0.2) is 24.3 Å². The molecule has 0 aliphatic heterocycles. The lowest BCUT2D eigenvalue weighted by atomic mass is 10.2. The van der Waals surface area contributed by atoms with Gasteiger partial charge in [-0.05, 0) is 51.6 Å². The lowest BCUT2D eigenvalue weighted by Crippen LogP contribution is -2.19. The Morgan fingerprint density at radius 2 is 2.16 bits per heavy atom. The van der Waals surface area contributed by atoms with E-state index in [4.69, 9.17) is 9.84 Å². The van der Waals surface area contributed by atoms with Crippen LogP contribution in [0.25, 0.3) is 0 Å². The van der Waals surface area contributed by atoms with Crippen LogP contribution in [-0.4, -0.2) is 35.7 Å². The van der Waals surface area contributed by atoms with Crippen LogP contribution in [0.5, 0.6) is 5.75 Å². The van der Waals surface area contributed by atoms with Crippen molar-refractivity contribution in [3.63, 3.8) is 0 Å². The van der Waals surface area contributed by atoms with Gasteiger partial charge in [-0.2, -0.15) is 0 Å². The minimum absolute atomic E-state index is 0.170. The van der Waals surface area contributed by atoms with Gasteiger partial charge in [0.05, 0.1) is 6.10 Å². The molecule has 0 saturated heterocycles. The van der Waals surface area contributed by atoms with Gasteiger partial charge in [0, 0.05) is 13.0 Å². The molecule has 0 atom stereocenters. The average molecular weight is 265 g/mol. The van der Waals surface area contributed by atoms with E-state index in [0.717, 1.165) is 18.8 Å². The van der Waals surface area contributed by atoms with Gasteiger partial charge in [-0.1, -0.05) is 12.1 Å². The van der Waals surface area contributed by atoms with Crippen LogP contribution >= 0.6 is 0 Å². The molecule has 0 aliphatic rings. The number of aliphatic carboxylic acids is 1. The molecule has 0 aromatic heterocycles. The first kappa shape index (κ1) is 15.5. The molecule has 0 bridgehead atoms. The Labute approximate surface area is 115 Å². The van der Waals surface area contributed by atoms with Crippen LogP contribution < -0.4 is 4.74 Å². The molecule has 106 valence electrons. The highest BCUT2D eigenvalue weighted by molar-refractivity contribution is 5.66. The molecule has 4 heteroatoms. The average Bonchev–Trinajstić information content (AvgIpc) is 2.27. The van der Waals surface area contributed by atoms with Crippen LogP contribution in [0.2, 0.25) is 0 Å². The molecule has 0 amide bonds. The van der Waals surface area contributed by atoms with Crippen molar-refractivity contribution in [1.82, 2.24) is 4.90 Å². The summed E-state index contributed by atoms with van der Waals surface area (Å²) in [5.74, 6) is 0.146. The molecule has 0 spiro atoms. The summed E-state index contributed by atoms with van der Waals surface area (Å²) in [6, 6.07) is 8.03. The van der Waals surface area contributed by atoms with Crippen molar-refractivity contribution in [1.29, 1.82) is 0 Å². The molecule has 0 saturated carbocycles. The zero-order valence-corrected chi connectivity index (χ0v) is 11.9. The number of ether oxygens (including phenoxy) is 1. The topological polar surface area (TPSA) is 49.8 Å². The molecular weight excluding hydrogens is 242 g/mol. The summed E-state index contributed by atoms with van der Waals surface area (Å²) < 4.78 is 5.65. The Balaban J connectivity index is 2.45. The smallest absolute Gasteiger partial charge is 0.303 e. The summed E-state index contributed by atoms with van der Waals surface area (Å²) in [5.41, 5.74) is 1.18. The second kappa shape index (κ2) is 7.79. The van der Waals surface area contributed by atoms with Crippen molar-refractivity contribution in [2.24, 2.45) is 0 Å². The third-order valence-corrected chi connectivity index (χ3v) is 2.65. The Kier molecular flexibility index (Phi) is 6.36. The lowest BCUT2D eigenvalue weighted by molar-refractivity contribution is -0.137. The molecule has 1 N–H and O–H groups in total. The normalized spacial score (nSPS) is 11.0. The number of benzene rings is 1. The third-order valence-electron chi connectivity index (χ3n) is 2.65. The van der Waals surface area contributed by atoms with E-state index in [9.17, 15) is 4.79 Å². The molecule has 0 heterocycles. The molecule has 0 unspecified atom stereocenters. The van der Waals surface area contributed by atoms with Gasteiger partial charge in [0.1, 0.15) is 5.75 Å². The zero-order chi connectivity index (χ0) is 14.3. The second-order valence-electron chi connectivity index (χ2n) is 5.05. The van der Waals surface area contributed by atoms with E-state index in [2.05, 4.69) is 11.0 Å². The monoisotopic (exact) mass is 265 g/mol. The first-order valence-corrected chi connectivity index (χ1v) is 6.63. The number of hydrogen-bond donors (Lipinski definition) is 1. The highest BCUT2D eigenvalue weighted by atomic mass is 16.5. The summed E-state index contributed by atoms with van der Waals surface area (Å²) in [4.78, 5) is 12.6. The van der Waals surface area contributed by atoms with E-state index in [0.29, 0.717) is 6.42 Å². The van der Waals surface area contributed by atoms with Crippen molar-refractivity contribution in [2.75, 3.05) is 13.6 Å². The van der Waals surface area contributed by atoms with E-state index in [1.54, 1.807) is 0 Å². The molecular formula is C15H23NO3. The molecule has 0 aliphatic carbocycles. The first-order valence-electron chi connectivity index (χ1n) is 6.63. The van der Waals surface area contributed by atoms with Crippen LogP contribution in [0, 0.1) is 0 Å². The van der Waals surface area contributed by atoms with Gasteiger partial charge in [-0.3, -0.25) is 4.79 Å². The Morgan fingerprint density at radius 3 is 2.79 bits per heavy atom. The number of carbonyl (C=O) groups is 1. The van der Waals surface area contributed by atoms with E-state index < -0.39 is 5.97 Å². The lowest BCUT2D eigenvalue weighted by Gasteiger charge is -2.17. The number of carboxylic acids is 1. The Bertz CT molecular complexity index is 404. The molecule has 19 heavy (non-hydrogen) atoms. The standard InChI is InChI=1S/C15H23NO3/c1-12(2)19-14-7-4-6-13(10-14)11-16(3)9-5-8-15(17)18/h4,6-7,10,12H,5,8-9,11H2,1-3H3,(H,17,18). The van der Waals surface area contributed by atoms with Crippen molar-refractivity contribution < 1.29 is 14.6 Å². The molecule has 4 nitrogen and oxygen atoms in total. The molecule has 1 aromatic carbocycles. The maximum absolute atomic E-state index is 10.5. The number of nitrogens with zero attached hydrogens (tertiary/aromatic N) is 1. The third kappa shape index (κ3) is 6.82. The summed E-state index contributed by atoms with van der Waals surface area (Å²) in [6.45, 7) is 5.59. The molecule has 0 fully saturated rings. The Hall–Kier alpha value is -1.55. The highest BCUT2D eigenvalue weighted by Gasteiger charge is 2.04. The van der Waals surface area contributed by atoms with Gasteiger partial charge >= 0.3 is 5.97 Å². The predicted octanol–water partition coefficient (Wildman–Crippen LogP) is 2.77. The minimum atomic E-state index is -0.735. The van der Waals surface area contributed by atoms with Crippen LogP contribution in [-0.2, 0) is 11.3 Å². The van der Waals surface area contributed by atoms with Crippen molar-refractivity contribution in [3.05, 3.63) is 29.8 Å². The molecule has 1 rings (SSSR count).